The summed E-state index contributed by atoms with van der Waals surface area (Å²) >= 11 is 0. The Bertz CT molecular complexity index is 1600. The van der Waals surface area contributed by atoms with Gasteiger partial charge in [0.15, 0.2) is 0 Å². The lowest BCUT2D eigenvalue weighted by molar-refractivity contribution is -0.145. The second kappa shape index (κ2) is 13.6. The third kappa shape index (κ3) is 7.50. The maximum Gasteiger partial charge on any atom is 0.415 e. The fraction of sp³-hybridized carbons (Fsp3) is 0.389. The maximum atomic E-state index is 14.5. The van der Waals surface area contributed by atoms with Gasteiger partial charge in [-0.3, -0.25) is 19.3 Å². The Morgan fingerprint density at radius 3 is 2.20 bits per heavy atom. The summed E-state index contributed by atoms with van der Waals surface area (Å²) in [5.74, 6) is -1.01. The number of fused-ring (bicyclic) bond motifs is 2. The minimum atomic E-state index is -0.994. The molecule has 2 aliphatic heterocycles. The van der Waals surface area contributed by atoms with Crippen LogP contribution in [0.2, 0.25) is 0 Å². The summed E-state index contributed by atoms with van der Waals surface area (Å²) in [4.78, 5) is 58.4. The van der Waals surface area contributed by atoms with Crippen LogP contribution < -0.4 is 9.64 Å². The van der Waals surface area contributed by atoms with Gasteiger partial charge < -0.3 is 24.4 Å². The minimum Gasteiger partial charge on any atom is -0.497 e. The van der Waals surface area contributed by atoms with Crippen LogP contribution in [0.5, 0.6) is 5.75 Å². The first-order chi connectivity index (χ1) is 21.9. The topological polar surface area (TPSA) is 117 Å². The van der Waals surface area contributed by atoms with E-state index in [4.69, 9.17) is 9.47 Å². The van der Waals surface area contributed by atoms with Gasteiger partial charge in [0.2, 0.25) is 11.8 Å². The molecule has 2 atom stereocenters. The number of carbonyl (C=O) groups excluding carboxylic acids is 3. The van der Waals surface area contributed by atoms with Crippen molar-refractivity contribution in [3.05, 3.63) is 95.1 Å². The predicted octanol–water partition coefficient (Wildman–Crippen LogP) is 4.86. The molecule has 1 N–H and O–H groups in total. The molecule has 10 nitrogen and oxygen atoms in total. The number of para-hydroxylation sites is 1. The first-order valence-electron chi connectivity index (χ1n) is 15.5. The van der Waals surface area contributed by atoms with Gasteiger partial charge in [-0.25, -0.2) is 4.79 Å². The highest BCUT2D eigenvalue weighted by molar-refractivity contribution is 6.01. The summed E-state index contributed by atoms with van der Waals surface area (Å²) in [6, 6.07) is 21.1. The number of hydrogen-bond donors (Lipinski definition) is 1. The third-order valence-corrected chi connectivity index (χ3v) is 8.40. The van der Waals surface area contributed by atoms with Crippen molar-refractivity contribution >= 4 is 29.6 Å². The van der Waals surface area contributed by atoms with Crippen molar-refractivity contribution in [2.45, 2.75) is 70.7 Å². The van der Waals surface area contributed by atoms with Crippen molar-refractivity contribution in [1.29, 1.82) is 0 Å². The number of nitrogens with zero attached hydrogens (tertiary/aromatic N) is 3. The van der Waals surface area contributed by atoms with Crippen LogP contribution in [0.25, 0.3) is 0 Å². The van der Waals surface area contributed by atoms with Crippen LogP contribution in [0.1, 0.15) is 49.4 Å². The van der Waals surface area contributed by atoms with E-state index in [-0.39, 0.29) is 44.3 Å². The normalized spacial score (nSPS) is 17.1. The van der Waals surface area contributed by atoms with Gasteiger partial charge in [0, 0.05) is 25.6 Å². The summed E-state index contributed by atoms with van der Waals surface area (Å²) in [6.45, 7) is 5.52. The average Bonchev–Trinajstić information content (AvgIpc) is 3.41. The van der Waals surface area contributed by atoms with Gasteiger partial charge in [0.05, 0.1) is 25.8 Å². The Kier molecular flexibility index (Phi) is 9.65. The van der Waals surface area contributed by atoms with Crippen LogP contribution in [0.3, 0.4) is 0 Å². The number of benzene rings is 3. The van der Waals surface area contributed by atoms with Crippen molar-refractivity contribution in [2.75, 3.05) is 25.1 Å². The Morgan fingerprint density at radius 1 is 0.891 bits per heavy atom. The van der Waals surface area contributed by atoms with Crippen LogP contribution in [0.15, 0.2) is 72.8 Å². The van der Waals surface area contributed by atoms with Crippen LogP contribution in [-0.4, -0.2) is 76.7 Å². The van der Waals surface area contributed by atoms with E-state index in [0.717, 1.165) is 22.3 Å². The first-order valence-corrected chi connectivity index (χ1v) is 15.5. The molecule has 0 saturated heterocycles. The van der Waals surface area contributed by atoms with Crippen LogP contribution >= 0.6 is 0 Å². The van der Waals surface area contributed by atoms with Crippen molar-refractivity contribution < 1.29 is 33.8 Å². The molecule has 0 fully saturated rings. The van der Waals surface area contributed by atoms with Gasteiger partial charge in [-0.15, -0.1) is 0 Å². The molecule has 242 valence electrons. The van der Waals surface area contributed by atoms with Crippen LogP contribution in [0.4, 0.5) is 10.5 Å². The molecule has 3 aromatic carbocycles. The predicted molar refractivity (Wildman–Crippen MR) is 173 cm³/mol. The summed E-state index contributed by atoms with van der Waals surface area (Å²) in [6.07, 6.45) is 0.311. The number of aliphatic carboxylic acids is 1. The Balaban J connectivity index is 1.44. The molecule has 0 aliphatic carbocycles. The molecule has 3 aromatic rings. The quantitative estimate of drug-likeness (QED) is 0.360. The molecule has 0 unspecified atom stereocenters. The summed E-state index contributed by atoms with van der Waals surface area (Å²) in [7, 11) is 1.59. The molecule has 0 aromatic heterocycles. The monoisotopic (exact) mass is 627 g/mol. The minimum absolute atomic E-state index is 0.204. The highest BCUT2D eigenvalue weighted by atomic mass is 16.6. The van der Waals surface area contributed by atoms with Gasteiger partial charge in [-0.05, 0) is 74.1 Å². The van der Waals surface area contributed by atoms with E-state index in [1.54, 1.807) is 38.8 Å². The molecule has 0 bridgehead atoms. The van der Waals surface area contributed by atoms with Crippen molar-refractivity contribution in [3.8, 4) is 5.75 Å². The molecule has 3 amide bonds. The molecule has 2 aliphatic rings. The lowest BCUT2D eigenvalue weighted by Crippen LogP contribution is -2.55. The number of ether oxygens (including phenoxy) is 2. The molecule has 0 saturated carbocycles. The number of hydrogen-bond acceptors (Lipinski definition) is 6. The number of carboxylic acid groups (broad SMARTS) is 1. The zero-order valence-corrected chi connectivity index (χ0v) is 26.8. The fourth-order valence-electron chi connectivity index (χ4n) is 6.17. The van der Waals surface area contributed by atoms with Gasteiger partial charge in [0.25, 0.3) is 0 Å². The Morgan fingerprint density at radius 2 is 1.54 bits per heavy atom. The highest BCUT2D eigenvalue weighted by Gasteiger charge is 2.43. The average molecular weight is 628 g/mol. The highest BCUT2D eigenvalue weighted by Crippen LogP contribution is 2.34. The van der Waals surface area contributed by atoms with Crippen molar-refractivity contribution in [2.24, 2.45) is 0 Å². The van der Waals surface area contributed by atoms with Crippen molar-refractivity contribution in [3.63, 3.8) is 0 Å². The SMILES string of the molecule is COc1ccc(CCN(CC(=O)N2Cc3ccccc3C[C@@H]2CC(=O)O)C(=O)[C@H]2Cc3ccccc3N2C(=O)OC(C)(C)C)cc1. The number of amides is 3. The molecule has 0 spiro atoms. The van der Waals surface area contributed by atoms with Crippen LogP contribution in [-0.2, 0) is 44.9 Å². The van der Waals surface area contributed by atoms with E-state index in [1.165, 1.54) is 9.80 Å². The van der Waals surface area contributed by atoms with Crippen molar-refractivity contribution in [1.82, 2.24) is 9.80 Å². The molecule has 5 rings (SSSR count). The number of rotatable bonds is 9. The molecule has 46 heavy (non-hydrogen) atoms. The smallest absolute Gasteiger partial charge is 0.415 e. The van der Waals surface area contributed by atoms with E-state index in [1.807, 2.05) is 66.7 Å². The third-order valence-electron chi connectivity index (χ3n) is 8.40. The maximum absolute atomic E-state index is 14.5. The first kappa shape index (κ1) is 32.5. The summed E-state index contributed by atoms with van der Waals surface area (Å²) < 4.78 is 11.0. The fourth-order valence-corrected chi connectivity index (χ4v) is 6.17. The number of carbonyl (C=O) groups is 4. The van der Waals surface area contributed by atoms with E-state index < -0.39 is 29.7 Å². The molecular formula is C36H41N3O7. The second-order valence-corrected chi connectivity index (χ2v) is 12.8. The Hall–Kier alpha value is -4.86. The van der Waals surface area contributed by atoms with E-state index in [2.05, 4.69) is 0 Å². The van der Waals surface area contributed by atoms with Gasteiger partial charge in [-0.2, -0.15) is 0 Å². The van der Waals surface area contributed by atoms with E-state index >= 15 is 0 Å². The standard InChI is InChI=1S/C36H41N3O7/c1-36(2,3)46-35(44)39-30-12-8-7-10-26(30)20-31(39)34(43)37(18-17-24-13-15-29(45-4)16-14-24)23-32(40)38-22-27-11-6-5-9-25(27)19-28(38)21-33(41)42/h5-16,28,31H,17-23H2,1-4H3,(H,41,42)/t28-,31-/m1/s1. The number of carboxylic acids is 1. The number of anilines is 1. The zero-order chi connectivity index (χ0) is 33.0. The summed E-state index contributed by atoms with van der Waals surface area (Å²) in [5, 5.41) is 9.66. The van der Waals surface area contributed by atoms with Gasteiger partial charge in [-0.1, -0.05) is 54.6 Å². The zero-order valence-electron chi connectivity index (χ0n) is 26.8. The van der Waals surface area contributed by atoms with Gasteiger partial charge >= 0.3 is 12.1 Å². The second-order valence-electron chi connectivity index (χ2n) is 12.8. The number of methoxy groups -OCH3 is 1. The largest absolute Gasteiger partial charge is 0.497 e. The molecule has 2 heterocycles. The van der Waals surface area contributed by atoms with Gasteiger partial charge in [0.1, 0.15) is 17.4 Å². The molecule has 10 heteroatoms. The summed E-state index contributed by atoms with van der Waals surface area (Å²) in [5.41, 5.74) is 3.57. The lowest BCUT2D eigenvalue weighted by Gasteiger charge is -2.38. The van der Waals surface area contributed by atoms with Crippen LogP contribution in [0, 0.1) is 0 Å². The molecular weight excluding hydrogens is 586 g/mol. The van der Waals surface area contributed by atoms with E-state index in [0.29, 0.717) is 24.3 Å². The Labute approximate surface area is 269 Å². The molecule has 0 radical (unpaired) electrons. The van der Waals surface area contributed by atoms with E-state index in [9.17, 15) is 24.3 Å². The lowest BCUT2D eigenvalue weighted by atomic mass is 9.92.